The van der Waals surface area contributed by atoms with Crippen LogP contribution in [0.25, 0.3) is 0 Å². The number of hydrogen-bond acceptors (Lipinski definition) is 5. The van der Waals surface area contributed by atoms with Crippen LogP contribution in [0.1, 0.15) is 19.2 Å². The summed E-state index contributed by atoms with van der Waals surface area (Å²) in [5.41, 5.74) is 0.853. The number of benzene rings is 2. The smallest absolute Gasteiger partial charge is 0.150 e. The van der Waals surface area contributed by atoms with Crippen LogP contribution in [-0.4, -0.2) is 16.5 Å². The predicted octanol–water partition coefficient (Wildman–Crippen LogP) is 5.14. The van der Waals surface area contributed by atoms with Crippen molar-refractivity contribution < 1.29 is 4.74 Å². The van der Waals surface area contributed by atoms with Gasteiger partial charge < -0.3 is 15.4 Å². The SMILES string of the molecule is CCCNc1cc(Nc2ccccc2Oc2ccccc2)nc(C)n1. The largest absolute Gasteiger partial charge is 0.455 e. The molecule has 25 heavy (non-hydrogen) atoms. The van der Waals surface area contributed by atoms with Crippen LogP contribution in [0.5, 0.6) is 11.5 Å². The standard InChI is InChI=1S/C20H22N4O/c1-3-13-21-19-14-20(23-15(2)22-19)24-17-11-7-8-12-18(17)25-16-9-5-4-6-10-16/h4-12,14H,3,13H2,1-2H3,(H2,21,22,23,24). The zero-order valence-electron chi connectivity index (χ0n) is 14.5. The minimum absolute atomic E-state index is 0.713. The van der Waals surface area contributed by atoms with E-state index in [4.69, 9.17) is 4.74 Å². The van der Waals surface area contributed by atoms with Crippen LogP contribution in [-0.2, 0) is 0 Å². The Hall–Kier alpha value is -3.08. The third-order valence-corrected chi connectivity index (χ3v) is 3.51. The van der Waals surface area contributed by atoms with Crippen molar-refractivity contribution in [1.82, 2.24) is 9.97 Å². The van der Waals surface area contributed by atoms with E-state index in [-0.39, 0.29) is 0 Å². The van der Waals surface area contributed by atoms with E-state index in [9.17, 15) is 0 Å². The van der Waals surface area contributed by atoms with E-state index in [1.54, 1.807) is 0 Å². The molecule has 1 aromatic heterocycles. The average molecular weight is 334 g/mol. The molecule has 2 aromatic carbocycles. The summed E-state index contributed by atoms with van der Waals surface area (Å²) in [5, 5.41) is 6.63. The fourth-order valence-corrected chi connectivity index (χ4v) is 2.39. The fourth-order valence-electron chi connectivity index (χ4n) is 2.39. The van der Waals surface area contributed by atoms with Gasteiger partial charge in [0.2, 0.25) is 0 Å². The number of ether oxygens (including phenoxy) is 1. The van der Waals surface area contributed by atoms with E-state index in [2.05, 4.69) is 27.5 Å². The first-order valence-electron chi connectivity index (χ1n) is 8.43. The molecule has 0 aliphatic carbocycles. The van der Waals surface area contributed by atoms with Gasteiger partial charge in [-0.05, 0) is 37.6 Å². The van der Waals surface area contributed by atoms with Crippen LogP contribution in [0.15, 0.2) is 60.7 Å². The van der Waals surface area contributed by atoms with E-state index in [1.807, 2.05) is 67.6 Å². The maximum Gasteiger partial charge on any atom is 0.150 e. The molecule has 1 heterocycles. The van der Waals surface area contributed by atoms with Crippen molar-refractivity contribution in [2.75, 3.05) is 17.2 Å². The monoisotopic (exact) mass is 334 g/mol. The van der Waals surface area contributed by atoms with Gasteiger partial charge in [-0.3, -0.25) is 0 Å². The van der Waals surface area contributed by atoms with Crippen molar-refractivity contribution in [2.45, 2.75) is 20.3 Å². The van der Waals surface area contributed by atoms with Crippen molar-refractivity contribution >= 4 is 17.3 Å². The lowest BCUT2D eigenvalue weighted by Crippen LogP contribution is -2.05. The first-order chi connectivity index (χ1) is 12.2. The second-order valence-corrected chi connectivity index (χ2v) is 5.65. The van der Waals surface area contributed by atoms with Crippen LogP contribution >= 0.6 is 0 Å². The van der Waals surface area contributed by atoms with Crippen molar-refractivity contribution in [3.8, 4) is 11.5 Å². The van der Waals surface area contributed by atoms with Gasteiger partial charge in [0.15, 0.2) is 5.75 Å². The summed E-state index contributed by atoms with van der Waals surface area (Å²) < 4.78 is 5.99. The van der Waals surface area contributed by atoms with E-state index in [0.717, 1.165) is 41.8 Å². The highest BCUT2D eigenvalue weighted by Crippen LogP contribution is 2.31. The van der Waals surface area contributed by atoms with Crippen LogP contribution in [0.4, 0.5) is 17.3 Å². The van der Waals surface area contributed by atoms with Gasteiger partial charge in [-0.1, -0.05) is 37.3 Å². The van der Waals surface area contributed by atoms with Crippen LogP contribution in [0.2, 0.25) is 0 Å². The van der Waals surface area contributed by atoms with Crippen LogP contribution < -0.4 is 15.4 Å². The Morgan fingerprint density at radius 2 is 1.64 bits per heavy atom. The molecule has 3 rings (SSSR count). The molecule has 0 spiro atoms. The number of aryl methyl sites for hydroxylation is 1. The molecule has 0 aliphatic heterocycles. The first kappa shape index (κ1) is 16.8. The van der Waals surface area contributed by atoms with Crippen molar-refractivity contribution in [3.05, 3.63) is 66.5 Å². The Labute approximate surface area is 148 Å². The highest BCUT2D eigenvalue weighted by atomic mass is 16.5. The molecular weight excluding hydrogens is 312 g/mol. The highest BCUT2D eigenvalue weighted by molar-refractivity contribution is 5.66. The minimum Gasteiger partial charge on any atom is -0.455 e. The summed E-state index contributed by atoms with van der Waals surface area (Å²) in [6.45, 7) is 4.88. The Balaban J connectivity index is 1.82. The van der Waals surface area contributed by atoms with E-state index in [0.29, 0.717) is 5.82 Å². The Kier molecular flexibility index (Phi) is 5.46. The second-order valence-electron chi connectivity index (χ2n) is 5.65. The summed E-state index contributed by atoms with van der Waals surface area (Å²) in [4.78, 5) is 8.88. The molecule has 0 saturated carbocycles. The molecule has 0 amide bonds. The molecule has 0 atom stereocenters. The Morgan fingerprint density at radius 3 is 2.44 bits per heavy atom. The number of nitrogens with zero attached hydrogens (tertiary/aromatic N) is 2. The molecule has 0 bridgehead atoms. The zero-order valence-corrected chi connectivity index (χ0v) is 14.5. The molecule has 0 fully saturated rings. The van der Waals surface area contributed by atoms with Gasteiger partial charge in [0.1, 0.15) is 23.2 Å². The lowest BCUT2D eigenvalue weighted by molar-refractivity contribution is 0.485. The average Bonchev–Trinajstić information content (AvgIpc) is 2.62. The fraction of sp³-hybridized carbons (Fsp3) is 0.200. The summed E-state index contributed by atoms with van der Waals surface area (Å²) in [6, 6.07) is 19.4. The minimum atomic E-state index is 0.713. The van der Waals surface area contributed by atoms with E-state index < -0.39 is 0 Å². The summed E-state index contributed by atoms with van der Waals surface area (Å²) >= 11 is 0. The molecular formula is C20H22N4O. The number of rotatable bonds is 7. The normalized spacial score (nSPS) is 10.3. The third kappa shape index (κ3) is 4.70. The van der Waals surface area contributed by atoms with Gasteiger partial charge in [0.05, 0.1) is 5.69 Å². The van der Waals surface area contributed by atoms with Gasteiger partial charge in [-0.25, -0.2) is 9.97 Å². The topological polar surface area (TPSA) is 59.1 Å². The quantitative estimate of drug-likeness (QED) is 0.626. The highest BCUT2D eigenvalue weighted by Gasteiger charge is 2.07. The number of aromatic nitrogens is 2. The number of para-hydroxylation sites is 3. The van der Waals surface area contributed by atoms with E-state index >= 15 is 0 Å². The lowest BCUT2D eigenvalue weighted by Gasteiger charge is -2.14. The zero-order chi connectivity index (χ0) is 17.5. The van der Waals surface area contributed by atoms with Crippen LogP contribution in [0.3, 0.4) is 0 Å². The van der Waals surface area contributed by atoms with Gasteiger partial charge >= 0.3 is 0 Å². The second kappa shape index (κ2) is 8.15. The summed E-state index contributed by atoms with van der Waals surface area (Å²) in [5.74, 6) is 3.80. The molecule has 128 valence electrons. The summed E-state index contributed by atoms with van der Waals surface area (Å²) in [7, 11) is 0. The number of anilines is 3. The Bertz CT molecular complexity index is 821. The Morgan fingerprint density at radius 1 is 0.920 bits per heavy atom. The van der Waals surface area contributed by atoms with E-state index in [1.165, 1.54) is 0 Å². The molecule has 0 saturated heterocycles. The molecule has 0 unspecified atom stereocenters. The number of hydrogen-bond donors (Lipinski definition) is 2. The molecule has 5 heteroatoms. The molecule has 0 aliphatic rings. The predicted molar refractivity (Wildman–Crippen MR) is 102 cm³/mol. The van der Waals surface area contributed by atoms with Crippen molar-refractivity contribution in [3.63, 3.8) is 0 Å². The van der Waals surface area contributed by atoms with Crippen molar-refractivity contribution in [1.29, 1.82) is 0 Å². The van der Waals surface area contributed by atoms with Gasteiger partial charge in [0, 0.05) is 12.6 Å². The molecule has 5 nitrogen and oxygen atoms in total. The molecule has 3 aromatic rings. The maximum atomic E-state index is 5.99. The van der Waals surface area contributed by atoms with Gasteiger partial charge in [-0.2, -0.15) is 0 Å². The number of nitrogens with one attached hydrogen (secondary N) is 2. The maximum absolute atomic E-state index is 5.99. The van der Waals surface area contributed by atoms with Crippen LogP contribution in [0, 0.1) is 6.92 Å². The summed E-state index contributed by atoms with van der Waals surface area (Å²) in [6.07, 6.45) is 1.04. The lowest BCUT2D eigenvalue weighted by atomic mass is 10.3. The molecule has 2 N–H and O–H groups in total. The van der Waals surface area contributed by atoms with Crippen molar-refractivity contribution in [2.24, 2.45) is 0 Å². The van der Waals surface area contributed by atoms with Gasteiger partial charge in [-0.15, -0.1) is 0 Å². The first-order valence-corrected chi connectivity index (χ1v) is 8.43. The molecule has 0 radical (unpaired) electrons. The third-order valence-electron chi connectivity index (χ3n) is 3.51. The van der Waals surface area contributed by atoms with Gasteiger partial charge in [0.25, 0.3) is 0 Å².